The van der Waals surface area contributed by atoms with Crippen molar-refractivity contribution in [3.8, 4) is 0 Å². The molecule has 172 valence electrons. The molecule has 0 spiro atoms. The Kier molecular flexibility index (Phi) is 6.85. The molecular weight excluding hydrogens is 462 g/mol. The zero-order valence-electron chi connectivity index (χ0n) is 17.8. The van der Waals surface area contributed by atoms with E-state index in [-0.39, 0.29) is 21.2 Å². The Morgan fingerprint density at radius 3 is 2.42 bits per heavy atom. The fourth-order valence-corrected chi connectivity index (χ4v) is 5.65. The average Bonchev–Trinajstić information content (AvgIpc) is 2.80. The molecular formula is C24H24ClN3O4S. The molecule has 2 aromatic carbocycles. The second kappa shape index (κ2) is 9.80. The number of benzene rings is 2. The van der Waals surface area contributed by atoms with Crippen molar-refractivity contribution in [1.82, 2.24) is 4.98 Å². The number of carboxylic acids is 1. The van der Waals surface area contributed by atoms with Crippen LogP contribution in [-0.4, -0.2) is 37.6 Å². The van der Waals surface area contributed by atoms with Gasteiger partial charge in [0.1, 0.15) is 16.3 Å². The van der Waals surface area contributed by atoms with Crippen molar-refractivity contribution in [1.29, 1.82) is 0 Å². The lowest BCUT2D eigenvalue weighted by molar-refractivity contribution is 0.0697. The van der Waals surface area contributed by atoms with E-state index in [0.717, 1.165) is 19.3 Å². The van der Waals surface area contributed by atoms with E-state index in [4.69, 9.17) is 11.6 Å². The summed E-state index contributed by atoms with van der Waals surface area (Å²) in [5.74, 6) is -0.289. The van der Waals surface area contributed by atoms with Gasteiger partial charge in [-0.2, -0.15) is 0 Å². The molecule has 9 heteroatoms. The van der Waals surface area contributed by atoms with Gasteiger partial charge >= 0.3 is 5.97 Å². The Hall–Kier alpha value is -3.10. The number of aromatic carboxylic acids is 1. The van der Waals surface area contributed by atoms with Gasteiger partial charge in [0.2, 0.25) is 0 Å². The maximum absolute atomic E-state index is 12.7. The van der Waals surface area contributed by atoms with E-state index < -0.39 is 16.0 Å². The summed E-state index contributed by atoms with van der Waals surface area (Å²) in [6.45, 7) is 1.38. The SMILES string of the molecule is O=C(O)c1cc(NS(=O)(=O)c2ccccc2Cl)cnc1N1CCC(Cc2ccccc2)CC1. The van der Waals surface area contributed by atoms with Crippen LogP contribution in [0.25, 0.3) is 0 Å². The van der Waals surface area contributed by atoms with E-state index in [0.29, 0.717) is 24.8 Å². The highest BCUT2D eigenvalue weighted by Gasteiger charge is 2.25. The monoisotopic (exact) mass is 485 g/mol. The van der Waals surface area contributed by atoms with Crippen LogP contribution in [0.15, 0.2) is 71.8 Å². The van der Waals surface area contributed by atoms with E-state index in [1.807, 2.05) is 23.1 Å². The van der Waals surface area contributed by atoms with Gasteiger partial charge in [0.05, 0.1) is 16.9 Å². The van der Waals surface area contributed by atoms with E-state index in [1.165, 1.54) is 30.0 Å². The summed E-state index contributed by atoms with van der Waals surface area (Å²) in [5.41, 5.74) is 1.32. The number of carboxylic acid groups (broad SMARTS) is 1. The number of halogens is 1. The highest BCUT2D eigenvalue weighted by Crippen LogP contribution is 2.29. The van der Waals surface area contributed by atoms with Gasteiger partial charge in [0.15, 0.2) is 0 Å². The summed E-state index contributed by atoms with van der Waals surface area (Å²) < 4.78 is 27.8. The normalized spacial score (nSPS) is 14.8. The number of pyridine rings is 1. The lowest BCUT2D eigenvalue weighted by Crippen LogP contribution is -2.36. The second-order valence-electron chi connectivity index (χ2n) is 8.06. The van der Waals surface area contributed by atoms with Crippen molar-refractivity contribution in [3.63, 3.8) is 0 Å². The molecule has 0 saturated carbocycles. The predicted octanol–water partition coefficient (Wildman–Crippen LogP) is 4.69. The van der Waals surface area contributed by atoms with Crippen molar-refractivity contribution in [3.05, 3.63) is 83.0 Å². The highest BCUT2D eigenvalue weighted by molar-refractivity contribution is 7.92. The first kappa shape index (κ1) is 23.1. The van der Waals surface area contributed by atoms with Crippen molar-refractivity contribution in [2.75, 3.05) is 22.7 Å². The summed E-state index contributed by atoms with van der Waals surface area (Å²) in [6, 6.07) is 17.7. The smallest absolute Gasteiger partial charge is 0.339 e. The summed E-state index contributed by atoms with van der Waals surface area (Å²) in [7, 11) is -3.99. The quantitative estimate of drug-likeness (QED) is 0.503. The highest BCUT2D eigenvalue weighted by atomic mass is 35.5. The van der Waals surface area contributed by atoms with Gasteiger partial charge < -0.3 is 10.0 Å². The van der Waals surface area contributed by atoms with Crippen molar-refractivity contribution < 1.29 is 18.3 Å². The van der Waals surface area contributed by atoms with Gasteiger partial charge in [-0.05, 0) is 48.9 Å². The molecule has 2 N–H and O–H groups in total. The summed E-state index contributed by atoms with van der Waals surface area (Å²) >= 11 is 6.01. The van der Waals surface area contributed by atoms with Crippen molar-refractivity contribution >= 4 is 39.1 Å². The largest absolute Gasteiger partial charge is 0.478 e. The molecule has 1 aliphatic rings. The fraction of sp³-hybridized carbons (Fsp3) is 0.250. The molecule has 4 rings (SSSR count). The first-order chi connectivity index (χ1) is 15.8. The van der Waals surface area contributed by atoms with Gasteiger partial charge in [-0.1, -0.05) is 54.1 Å². The zero-order chi connectivity index (χ0) is 23.4. The van der Waals surface area contributed by atoms with Crippen LogP contribution in [0.5, 0.6) is 0 Å². The van der Waals surface area contributed by atoms with Crippen LogP contribution in [0.2, 0.25) is 5.02 Å². The van der Waals surface area contributed by atoms with Crippen LogP contribution in [0.1, 0.15) is 28.8 Å². The number of nitrogens with zero attached hydrogens (tertiary/aromatic N) is 2. The van der Waals surface area contributed by atoms with Crippen LogP contribution >= 0.6 is 11.6 Å². The third-order valence-electron chi connectivity index (χ3n) is 5.76. The number of nitrogens with one attached hydrogen (secondary N) is 1. The van der Waals surface area contributed by atoms with Crippen LogP contribution in [-0.2, 0) is 16.4 Å². The van der Waals surface area contributed by atoms with Crippen LogP contribution < -0.4 is 9.62 Å². The van der Waals surface area contributed by atoms with Gasteiger partial charge in [-0.15, -0.1) is 0 Å². The zero-order valence-corrected chi connectivity index (χ0v) is 19.4. The first-order valence-corrected chi connectivity index (χ1v) is 12.5. The Bertz CT molecular complexity index is 1240. The molecule has 0 aliphatic carbocycles. The van der Waals surface area contributed by atoms with Crippen molar-refractivity contribution in [2.24, 2.45) is 5.92 Å². The van der Waals surface area contributed by atoms with Gasteiger partial charge in [0, 0.05) is 13.1 Å². The fourth-order valence-electron chi connectivity index (χ4n) is 4.09. The molecule has 1 fully saturated rings. The molecule has 7 nitrogen and oxygen atoms in total. The Balaban J connectivity index is 1.49. The molecule has 0 unspecified atom stereocenters. The van der Waals surface area contributed by atoms with E-state index in [1.54, 1.807) is 12.1 Å². The number of sulfonamides is 1. The average molecular weight is 486 g/mol. The third-order valence-corrected chi connectivity index (χ3v) is 7.64. The topological polar surface area (TPSA) is 99.6 Å². The second-order valence-corrected chi connectivity index (χ2v) is 10.1. The van der Waals surface area contributed by atoms with Gasteiger partial charge in [0.25, 0.3) is 10.0 Å². The third kappa shape index (κ3) is 5.46. The summed E-state index contributed by atoms with van der Waals surface area (Å²) in [6.07, 6.45) is 4.19. The maximum atomic E-state index is 12.7. The van der Waals surface area contributed by atoms with Crippen LogP contribution in [0.3, 0.4) is 0 Å². The molecule has 0 amide bonds. The Morgan fingerprint density at radius 1 is 1.09 bits per heavy atom. The molecule has 0 atom stereocenters. The minimum Gasteiger partial charge on any atom is -0.478 e. The Morgan fingerprint density at radius 2 is 1.76 bits per heavy atom. The van der Waals surface area contributed by atoms with Crippen molar-refractivity contribution in [2.45, 2.75) is 24.2 Å². The first-order valence-electron chi connectivity index (χ1n) is 10.6. The molecule has 33 heavy (non-hydrogen) atoms. The van der Waals surface area contributed by atoms with Gasteiger partial charge in [-0.25, -0.2) is 18.2 Å². The minimum absolute atomic E-state index is 0.0455. The number of rotatable bonds is 7. The molecule has 3 aromatic rings. The number of piperidine rings is 1. The number of hydrogen-bond acceptors (Lipinski definition) is 5. The standard InChI is InChI=1S/C24H24ClN3O4S/c25-21-8-4-5-9-22(21)33(31,32)27-19-15-20(24(29)30)23(26-16-19)28-12-10-18(11-13-28)14-17-6-2-1-3-7-17/h1-9,15-16,18,27H,10-14H2,(H,29,30). The van der Waals surface area contributed by atoms with Crippen LogP contribution in [0.4, 0.5) is 11.5 Å². The molecule has 2 heterocycles. The molecule has 1 aromatic heterocycles. The van der Waals surface area contributed by atoms with Gasteiger partial charge in [-0.3, -0.25) is 4.72 Å². The van der Waals surface area contributed by atoms with E-state index in [2.05, 4.69) is 21.8 Å². The maximum Gasteiger partial charge on any atom is 0.339 e. The number of anilines is 2. The number of hydrogen-bond donors (Lipinski definition) is 2. The molecule has 1 aliphatic heterocycles. The van der Waals surface area contributed by atoms with E-state index >= 15 is 0 Å². The summed E-state index contributed by atoms with van der Waals surface area (Å²) in [4.78, 5) is 18.1. The number of aromatic nitrogens is 1. The molecule has 0 radical (unpaired) electrons. The number of carbonyl (C=O) groups is 1. The lowest BCUT2D eigenvalue weighted by atomic mass is 9.90. The molecule has 0 bridgehead atoms. The lowest BCUT2D eigenvalue weighted by Gasteiger charge is -2.33. The minimum atomic E-state index is -3.99. The van der Waals surface area contributed by atoms with E-state index in [9.17, 15) is 18.3 Å². The Labute approximate surface area is 198 Å². The predicted molar refractivity (Wildman–Crippen MR) is 129 cm³/mol. The van der Waals surface area contributed by atoms with Crippen LogP contribution in [0, 0.1) is 5.92 Å². The summed E-state index contributed by atoms with van der Waals surface area (Å²) in [5, 5.41) is 9.84. The molecule has 1 saturated heterocycles.